The molecular weight excluding hydrogens is 455 g/mol. The number of fused-ring (bicyclic) bond motifs is 1. The third kappa shape index (κ3) is 5.09. The molecule has 0 aliphatic rings. The molecule has 2 heterocycles. The number of nitrogens with zero attached hydrogens (tertiary/aromatic N) is 4. The van der Waals surface area contributed by atoms with E-state index in [1.165, 1.54) is 11.8 Å². The van der Waals surface area contributed by atoms with E-state index in [0.29, 0.717) is 24.1 Å². The van der Waals surface area contributed by atoms with Crippen LogP contribution in [0.3, 0.4) is 0 Å². The van der Waals surface area contributed by atoms with E-state index in [-0.39, 0.29) is 22.5 Å². The molecule has 0 atom stereocenters. The van der Waals surface area contributed by atoms with Gasteiger partial charge in [0.05, 0.1) is 35.4 Å². The Morgan fingerprint density at radius 3 is 2.70 bits per heavy atom. The summed E-state index contributed by atoms with van der Waals surface area (Å²) in [4.78, 5) is 19.2. The third-order valence-electron chi connectivity index (χ3n) is 4.93. The molecule has 33 heavy (non-hydrogen) atoms. The van der Waals surface area contributed by atoms with E-state index >= 15 is 0 Å². The van der Waals surface area contributed by atoms with Gasteiger partial charge in [0, 0.05) is 12.7 Å². The topological polar surface area (TPSA) is 85.7 Å². The molecule has 0 aliphatic heterocycles. The highest BCUT2D eigenvalue weighted by Crippen LogP contribution is 2.31. The van der Waals surface area contributed by atoms with Crippen LogP contribution in [0.1, 0.15) is 17.0 Å². The summed E-state index contributed by atoms with van der Waals surface area (Å²) in [7, 11) is 1.60. The van der Waals surface area contributed by atoms with Crippen LogP contribution in [0.4, 0.5) is 13.2 Å². The highest BCUT2D eigenvalue weighted by atomic mass is 32.2. The number of nitrogens with one attached hydrogen (secondary N) is 1. The molecule has 0 spiro atoms. The molecule has 11 heteroatoms. The van der Waals surface area contributed by atoms with Crippen LogP contribution in [-0.4, -0.2) is 38.4 Å². The van der Waals surface area contributed by atoms with Crippen LogP contribution in [0.5, 0.6) is 0 Å². The van der Waals surface area contributed by atoms with E-state index in [2.05, 4.69) is 20.2 Å². The van der Waals surface area contributed by atoms with Gasteiger partial charge in [0.1, 0.15) is 5.82 Å². The minimum Gasteiger partial charge on any atom is -0.383 e. The van der Waals surface area contributed by atoms with Crippen LogP contribution in [0.2, 0.25) is 0 Å². The van der Waals surface area contributed by atoms with Crippen LogP contribution >= 0.6 is 11.8 Å². The molecule has 4 rings (SSSR count). The molecule has 4 aromatic rings. The molecule has 1 N–H and O–H groups in total. The summed E-state index contributed by atoms with van der Waals surface area (Å²) in [5.74, 6) is 1.11. The van der Waals surface area contributed by atoms with Gasteiger partial charge in [0.15, 0.2) is 11.0 Å². The first-order chi connectivity index (χ1) is 15.8. The zero-order valence-electron chi connectivity index (χ0n) is 17.8. The van der Waals surface area contributed by atoms with E-state index in [1.807, 2.05) is 35.8 Å². The average molecular weight is 475 g/mol. The lowest BCUT2D eigenvalue weighted by atomic mass is 10.1. The average Bonchev–Trinajstić information content (AvgIpc) is 3.18. The number of ether oxygens (including phenoxy) is 1. The Kier molecular flexibility index (Phi) is 6.52. The Bertz CT molecular complexity index is 1350. The SMILES string of the molecule is COCCn1c(SCc2nc3cc(C(F)(F)F)ccc3c(=O)[nH]2)nnc1-c1cccc(C)c1. The number of thioether (sulfide) groups is 1. The second-order valence-corrected chi connectivity index (χ2v) is 8.29. The van der Waals surface area contributed by atoms with Gasteiger partial charge in [-0.2, -0.15) is 13.2 Å². The van der Waals surface area contributed by atoms with Crippen LogP contribution in [-0.2, 0) is 23.2 Å². The van der Waals surface area contributed by atoms with Gasteiger partial charge in [0.2, 0.25) is 0 Å². The maximum absolute atomic E-state index is 13.1. The second-order valence-electron chi connectivity index (χ2n) is 7.35. The molecule has 0 bridgehead atoms. The van der Waals surface area contributed by atoms with Gasteiger partial charge < -0.3 is 9.72 Å². The lowest BCUT2D eigenvalue weighted by Crippen LogP contribution is -2.13. The first-order valence-corrected chi connectivity index (χ1v) is 11.0. The van der Waals surface area contributed by atoms with Crippen LogP contribution in [0.25, 0.3) is 22.3 Å². The number of H-pyrrole nitrogens is 1. The van der Waals surface area contributed by atoms with Crippen LogP contribution < -0.4 is 5.56 Å². The van der Waals surface area contributed by atoms with Crippen molar-refractivity contribution in [1.29, 1.82) is 0 Å². The van der Waals surface area contributed by atoms with Crippen molar-refractivity contribution in [2.45, 2.75) is 30.6 Å². The van der Waals surface area contributed by atoms with Gasteiger partial charge in [-0.05, 0) is 31.2 Å². The molecule has 0 unspecified atom stereocenters. The van der Waals surface area contributed by atoms with Gasteiger partial charge in [-0.15, -0.1) is 10.2 Å². The van der Waals surface area contributed by atoms with Crippen molar-refractivity contribution in [2.75, 3.05) is 13.7 Å². The highest BCUT2D eigenvalue weighted by Gasteiger charge is 2.30. The number of methoxy groups -OCH3 is 1. The molecule has 2 aromatic carbocycles. The van der Waals surface area contributed by atoms with E-state index in [9.17, 15) is 18.0 Å². The lowest BCUT2D eigenvalue weighted by molar-refractivity contribution is -0.137. The van der Waals surface area contributed by atoms with E-state index in [4.69, 9.17) is 4.74 Å². The number of alkyl halides is 3. The van der Waals surface area contributed by atoms with Gasteiger partial charge in [-0.3, -0.25) is 9.36 Å². The number of rotatable bonds is 7. The minimum absolute atomic E-state index is 0.00882. The molecule has 0 aliphatic carbocycles. The van der Waals surface area contributed by atoms with Crippen molar-refractivity contribution in [3.8, 4) is 11.4 Å². The van der Waals surface area contributed by atoms with E-state index < -0.39 is 17.3 Å². The first-order valence-electron chi connectivity index (χ1n) is 9.98. The monoisotopic (exact) mass is 475 g/mol. The summed E-state index contributed by atoms with van der Waals surface area (Å²) in [5, 5.41) is 9.27. The molecule has 7 nitrogen and oxygen atoms in total. The highest BCUT2D eigenvalue weighted by molar-refractivity contribution is 7.98. The number of aromatic nitrogens is 5. The third-order valence-corrected chi connectivity index (χ3v) is 5.91. The molecule has 0 radical (unpaired) electrons. The first kappa shape index (κ1) is 23.0. The summed E-state index contributed by atoms with van der Waals surface area (Å²) < 4.78 is 46.3. The fraction of sp³-hybridized carbons (Fsp3) is 0.273. The maximum atomic E-state index is 13.1. The Morgan fingerprint density at radius 2 is 1.97 bits per heavy atom. The number of aromatic amines is 1. The Hall–Kier alpha value is -3.18. The molecule has 0 fully saturated rings. The molecule has 0 saturated heterocycles. The normalized spacial score (nSPS) is 11.9. The van der Waals surface area contributed by atoms with Crippen molar-refractivity contribution in [3.63, 3.8) is 0 Å². The van der Waals surface area contributed by atoms with E-state index in [0.717, 1.165) is 29.3 Å². The predicted molar refractivity (Wildman–Crippen MR) is 119 cm³/mol. The van der Waals surface area contributed by atoms with Crippen molar-refractivity contribution >= 4 is 22.7 Å². The molecule has 172 valence electrons. The van der Waals surface area contributed by atoms with Gasteiger partial charge >= 0.3 is 6.18 Å². The largest absolute Gasteiger partial charge is 0.416 e. The fourth-order valence-corrected chi connectivity index (χ4v) is 4.18. The second kappa shape index (κ2) is 9.36. The zero-order chi connectivity index (χ0) is 23.6. The maximum Gasteiger partial charge on any atom is 0.416 e. The van der Waals surface area contributed by atoms with E-state index in [1.54, 1.807) is 7.11 Å². The van der Waals surface area contributed by atoms with Crippen molar-refractivity contribution in [3.05, 3.63) is 69.8 Å². The van der Waals surface area contributed by atoms with Gasteiger partial charge in [-0.25, -0.2) is 4.98 Å². The summed E-state index contributed by atoms with van der Waals surface area (Å²) >= 11 is 1.28. The molecule has 2 aromatic heterocycles. The molecule has 0 amide bonds. The fourth-order valence-electron chi connectivity index (χ4n) is 3.34. The Labute approximate surface area is 191 Å². The summed E-state index contributed by atoms with van der Waals surface area (Å²) in [6.07, 6.45) is -4.52. The van der Waals surface area contributed by atoms with Crippen LogP contribution in [0, 0.1) is 6.92 Å². The Balaban J connectivity index is 1.64. The van der Waals surface area contributed by atoms with Crippen molar-refractivity contribution < 1.29 is 17.9 Å². The quantitative estimate of drug-likeness (QED) is 0.398. The van der Waals surface area contributed by atoms with Gasteiger partial charge in [0.25, 0.3) is 5.56 Å². The van der Waals surface area contributed by atoms with Crippen molar-refractivity contribution in [2.24, 2.45) is 0 Å². The standard InChI is InChI=1S/C22H20F3N5O2S/c1-13-4-3-5-14(10-13)19-28-29-21(30(19)8-9-32-2)33-12-18-26-17-11-15(22(23,24)25)6-7-16(17)20(31)27-18/h3-7,10-11H,8-9,12H2,1-2H3,(H,26,27,31). The number of aryl methyl sites for hydroxylation is 1. The number of halogens is 3. The van der Waals surface area contributed by atoms with Crippen molar-refractivity contribution in [1.82, 2.24) is 24.7 Å². The predicted octanol–water partition coefficient (Wildman–Crippen LogP) is 4.45. The lowest BCUT2D eigenvalue weighted by Gasteiger charge is -2.10. The summed E-state index contributed by atoms with van der Waals surface area (Å²) in [6, 6.07) is 10.8. The Morgan fingerprint density at radius 1 is 1.15 bits per heavy atom. The summed E-state index contributed by atoms with van der Waals surface area (Å²) in [5.41, 5.74) is 0.631. The molecule has 0 saturated carbocycles. The number of hydrogen-bond donors (Lipinski definition) is 1. The number of benzene rings is 2. The smallest absolute Gasteiger partial charge is 0.383 e. The summed E-state index contributed by atoms with van der Waals surface area (Å²) in [6.45, 7) is 2.93. The zero-order valence-corrected chi connectivity index (χ0v) is 18.6. The molecular formula is C22H20F3N5O2S. The van der Waals surface area contributed by atoms with Crippen LogP contribution in [0.15, 0.2) is 52.4 Å². The number of hydrogen-bond acceptors (Lipinski definition) is 6. The van der Waals surface area contributed by atoms with Gasteiger partial charge in [-0.1, -0.05) is 35.5 Å². The minimum atomic E-state index is -4.52.